The van der Waals surface area contributed by atoms with Crippen LogP contribution in [-0.2, 0) is 0 Å². The fourth-order valence-electron chi connectivity index (χ4n) is 1.18. The summed E-state index contributed by atoms with van der Waals surface area (Å²) in [6.45, 7) is 3.69. The summed E-state index contributed by atoms with van der Waals surface area (Å²) in [5, 5.41) is 0. The molecule has 0 bridgehead atoms. The number of imidazole rings is 1. The highest BCUT2D eigenvalue weighted by molar-refractivity contribution is 6.03. The van der Waals surface area contributed by atoms with E-state index in [1.807, 2.05) is 13.8 Å². The Morgan fingerprint density at radius 2 is 1.93 bits per heavy atom. The van der Waals surface area contributed by atoms with E-state index in [0.717, 1.165) is 0 Å². The molecule has 14 heavy (non-hydrogen) atoms. The first-order valence-electron chi connectivity index (χ1n) is 4.11. The van der Waals surface area contributed by atoms with E-state index in [0.29, 0.717) is 0 Å². The van der Waals surface area contributed by atoms with Gasteiger partial charge in [0, 0.05) is 6.04 Å². The average molecular weight is 196 g/mol. The lowest BCUT2D eigenvalue weighted by Crippen LogP contribution is -2.23. The molecule has 0 spiro atoms. The molecule has 2 amide bonds. The quantitative estimate of drug-likeness (QED) is 0.691. The van der Waals surface area contributed by atoms with Crippen molar-refractivity contribution in [2.45, 2.75) is 19.9 Å². The SMILES string of the molecule is CC(C)n1cnc(C(N)=O)c1C(N)=O. The van der Waals surface area contributed by atoms with Crippen LogP contribution in [0.4, 0.5) is 0 Å². The number of hydrogen-bond donors (Lipinski definition) is 2. The van der Waals surface area contributed by atoms with Crippen LogP contribution < -0.4 is 11.5 Å². The van der Waals surface area contributed by atoms with Crippen molar-refractivity contribution in [3.63, 3.8) is 0 Å². The summed E-state index contributed by atoms with van der Waals surface area (Å²) in [5.74, 6) is -1.46. The summed E-state index contributed by atoms with van der Waals surface area (Å²) >= 11 is 0. The van der Waals surface area contributed by atoms with Gasteiger partial charge in [-0.15, -0.1) is 0 Å². The molecule has 0 unspecified atom stereocenters. The summed E-state index contributed by atoms with van der Waals surface area (Å²) in [5.41, 5.74) is 10.2. The standard InChI is InChI=1S/C8H12N4O2/c1-4(2)12-3-11-5(7(9)13)6(12)8(10)14/h3-4H,1-2H3,(H2,9,13)(H2,10,14). The summed E-state index contributed by atoms with van der Waals surface area (Å²) in [6.07, 6.45) is 1.38. The molecule has 1 aromatic rings. The molecular formula is C8H12N4O2. The Labute approximate surface area is 80.9 Å². The highest BCUT2D eigenvalue weighted by Crippen LogP contribution is 2.12. The van der Waals surface area contributed by atoms with E-state index >= 15 is 0 Å². The van der Waals surface area contributed by atoms with Crippen LogP contribution in [0.5, 0.6) is 0 Å². The minimum atomic E-state index is -0.752. The van der Waals surface area contributed by atoms with Gasteiger partial charge in [-0.2, -0.15) is 0 Å². The van der Waals surface area contributed by atoms with Crippen molar-refractivity contribution in [3.8, 4) is 0 Å². The molecule has 0 atom stereocenters. The zero-order valence-electron chi connectivity index (χ0n) is 8.02. The largest absolute Gasteiger partial charge is 0.364 e. The Hall–Kier alpha value is -1.85. The minimum Gasteiger partial charge on any atom is -0.364 e. The number of amides is 2. The molecule has 0 aliphatic rings. The molecule has 0 aliphatic heterocycles. The number of hydrogen-bond acceptors (Lipinski definition) is 3. The van der Waals surface area contributed by atoms with Crippen LogP contribution in [0.3, 0.4) is 0 Å². The van der Waals surface area contributed by atoms with E-state index in [2.05, 4.69) is 4.98 Å². The Morgan fingerprint density at radius 3 is 2.29 bits per heavy atom. The van der Waals surface area contributed by atoms with Crippen molar-refractivity contribution in [1.82, 2.24) is 9.55 Å². The summed E-state index contributed by atoms with van der Waals surface area (Å²) in [6, 6.07) is -0.00176. The van der Waals surface area contributed by atoms with Crippen LogP contribution in [0, 0.1) is 0 Å². The van der Waals surface area contributed by atoms with Crippen LogP contribution >= 0.6 is 0 Å². The summed E-state index contributed by atoms with van der Waals surface area (Å²) in [4.78, 5) is 25.7. The first kappa shape index (κ1) is 10.2. The zero-order valence-corrected chi connectivity index (χ0v) is 8.02. The van der Waals surface area contributed by atoms with Crippen LogP contribution in [0.25, 0.3) is 0 Å². The van der Waals surface area contributed by atoms with Crippen LogP contribution in [0.2, 0.25) is 0 Å². The highest BCUT2D eigenvalue weighted by atomic mass is 16.2. The molecule has 6 heteroatoms. The number of rotatable bonds is 3. The molecule has 0 radical (unpaired) electrons. The van der Waals surface area contributed by atoms with Crippen LogP contribution in [0.15, 0.2) is 6.33 Å². The van der Waals surface area contributed by atoms with Crippen molar-refractivity contribution >= 4 is 11.8 Å². The first-order valence-corrected chi connectivity index (χ1v) is 4.11. The van der Waals surface area contributed by atoms with Gasteiger partial charge in [-0.1, -0.05) is 0 Å². The van der Waals surface area contributed by atoms with Gasteiger partial charge in [0.25, 0.3) is 11.8 Å². The van der Waals surface area contributed by atoms with E-state index in [9.17, 15) is 9.59 Å². The van der Waals surface area contributed by atoms with Gasteiger partial charge in [-0.05, 0) is 13.8 Å². The lowest BCUT2D eigenvalue weighted by Gasteiger charge is -2.09. The number of carbonyl (C=O) groups excluding carboxylic acids is 2. The third kappa shape index (κ3) is 1.59. The molecule has 1 heterocycles. The van der Waals surface area contributed by atoms with Crippen molar-refractivity contribution in [3.05, 3.63) is 17.7 Å². The molecule has 6 nitrogen and oxygen atoms in total. The third-order valence-corrected chi connectivity index (χ3v) is 1.82. The molecule has 4 N–H and O–H groups in total. The van der Waals surface area contributed by atoms with E-state index in [-0.39, 0.29) is 17.4 Å². The number of nitrogens with two attached hydrogens (primary N) is 2. The molecule has 0 saturated carbocycles. The number of carbonyl (C=O) groups is 2. The number of primary amides is 2. The second-order valence-corrected chi connectivity index (χ2v) is 3.17. The Morgan fingerprint density at radius 1 is 1.36 bits per heavy atom. The second kappa shape index (κ2) is 3.49. The van der Waals surface area contributed by atoms with Gasteiger partial charge in [-0.3, -0.25) is 9.59 Å². The van der Waals surface area contributed by atoms with Gasteiger partial charge in [0.2, 0.25) is 0 Å². The molecule has 0 fully saturated rings. The fourth-order valence-corrected chi connectivity index (χ4v) is 1.18. The molecule has 0 aliphatic carbocycles. The van der Waals surface area contributed by atoms with Crippen molar-refractivity contribution in [2.24, 2.45) is 11.5 Å². The first-order chi connectivity index (χ1) is 6.45. The van der Waals surface area contributed by atoms with Crippen molar-refractivity contribution in [1.29, 1.82) is 0 Å². The Kier molecular flexibility index (Phi) is 2.55. The lowest BCUT2D eigenvalue weighted by atomic mass is 10.2. The van der Waals surface area contributed by atoms with Crippen molar-refractivity contribution < 1.29 is 9.59 Å². The van der Waals surface area contributed by atoms with E-state index in [1.165, 1.54) is 10.9 Å². The number of aromatic nitrogens is 2. The lowest BCUT2D eigenvalue weighted by molar-refractivity contribution is 0.0958. The monoisotopic (exact) mass is 196 g/mol. The molecule has 0 saturated heterocycles. The van der Waals surface area contributed by atoms with Gasteiger partial charge in [0.1, 0.15) is 5.69 Å². The van der Waals surface area contributed by atoms with Crippen LogP contribution in [-0.4, -0.2) is 21.4 Å². The maximum atomic E-state index is 11.1. The summed E-state index contributed by atoms with van der Waals surface area (Å²) in [7, 11) is 0. The zero-order chi connectivity index (χ0) is 10.9. The van der Waals surface area contributed by atoms with Gasteiger partial charge in [-0.25, -0.2) is 4.98 Å². The van der Waals surface area contributed by atoms with E-state index < -0.39 is 11.8 Å². The maximum Gasteiger partial charge on any atom is 0.269 e. The topological polar surface area (TPSA) is 104 Å². The van der Waals surface area contributed by atoms with E-state index in [4.69, 9.17) is 11.5 Å². The minimum absolute atomic E-state index is 0.00176. The normalized spacial score (nSPS) is 10.5. The molecule has 1 aromatic heterocycles. The maximum absolute atomic E-state index is 11.1. The Balaban J connectivity index is 3.35. The predicted octanol–water partition coefficient (Wildman–Crippen LogP) is -0.338. The van der Waals surface area contributed by atoms with E-state index in [1.54, 1.807) is 0 Å². The van der Waals surface area contributed by atoms with Crippen molar-refractivity contribution in [2.75, 3.05) is 0 Å². The van der Waals surface area contributed by atoms with Crippen LogP contribution in [0.1, 0.15) is 40.9 Å². The molecule has 76 valence electrons. The molecular weight excluding hydrogens is 184 g/mol. The van der Waals surface area contributed by atoms with Gasteiger partial charge in [0.15, 0.2) is 5.69 Å². The van der Waals surface area contributed by atoms with Gasteiger partial charge in [0.05, 0.1) is 6.33 Å². The summed E-state index contributed by atoms with van der Waals surface area (Å²) < 4.78 is 1.52. The second-order valence-electron chi connectivity index (χ2n) is 3.17. The predicted molar refractivity (Wildman–Crippen MR) is 49.6 cm³/mol. The highest BCUT2D eigenvalue weighted by Gasteiger charge is 2.20. The third-order valence-electron chi connectivity index (χ3n) is 1.82. The Bertz CT molecular complexity index is 381. The molecule has 1 rings (SSSR count). The smallest absolute Gasteiger partial charge is 0.269 e. The van der Waals surface area contributed by atoms with Gasteiger partial charge >= 0.3 is 0 Å². The molecule has 0 aromatic carbocycles. The fraction of sp³-hybridized carbons (Fsp3) is 0.375. The van der Waals surface area contributed by atoms with Gasteiger partial charge < -0.3 is 16.0 Å². The average Bonchev–Trinajstić information content (AvgIpc) is 2.46. The number of nitrogens with zero attached hydrogens (tertiary/aromatic N) is 2.